The third kappa shape index (κ3) is 4.26. The minimum atomic E-state index is -4.93. The molecule has 17 heavy (non-hydrogen) atoms. The minimum Gasteiger partial charge on any atom is -0.387 e. The normalized spacial score (nSPS) is 31.2. The maximum atomic E-state index is 10.9. The van der Waals surface area contributed by atoms with Gasteiger partial charge in [-0.1, -0.05) is 0 Å². The van der Waals surface area contributed by atoms with Crippen LogP contribution >= 0.6 is 15.4 Å². The highest BCUT2D eigenvalue weighted by atomic mass is 31.2. The van der Waals surface area contributed by atoms with Crippen LogP contribution in [-0.2, 0) is 13.7 Å². The summed E-state index contributed by atoms with van der Waals surface area (Å²) < 4.78 is 25.7. The van der Waals surface area contributed by atoms with Crippen LogP contribution in [0.5, 0.6) is 0 Å². The van der Waals surface area contributed by atoms with Crippen LogP contribution in [0.15, 0.2) is 11.4 Å². The molecule has 100 valence electrons. The summed E-state index contributed by atoms with van der Waals surface area (Å²) >= 11 is 0. The van der Waals surface area contributed by atoms with E-state index in [0.717, 1.165) is 6.08 Å². The Morgan fingerprint density at radius 1 is 1.18 bits per heavy atom. The Bertz CT molecular complexity index is 406. The van der Waals surface area contributed by atoms with E-state index in [4.69, 9.17) is 19.6 Å². The molecule has 0 aliphatic heterocycles. The Kier molecular flexibility index (Phi) is 4.31. The molecule has 9 nitrogen and oxygen atoms in total. The van der Waals surface area contributed by atoms with Crippen molar-refractivity contribution in [3.8, 4) is 0 Å². The van der Waals surface area contributed by atoms with Crippen molar-refractivity contribution >= 4 is 15.4 Å². The maximum absolute atomic E-state index is 10.9. The van der Waals surface area contributed by atoms with Gasteiger partial charge in [0.25, 0.3) is 0 Å². The van der Waals surface area contributed by atoms with Crippen molar-refractivity contribution in [2.45, 2.75) is 24.7 Å². The molecule has 11 heteroatoms. The van der Waals surface area contributed by atoms with E-state index in [1.54, 1.807) is 0 Å². The zero-order valence-electron chi connectivity index (χ0n) is 8.32. The first-order chi connectivity index (χ1) is 7.50. The van der Waals surface area contributed by atoms with Crippen LogP contribution in [-0.4, -0.2) is 48.1 Å². The SMILES string of the molecule is O=P(O)(O)O[C@H]1CC(P(=O)(O)O)=C[C@@H](O)[C@@H]1O. The van der Waals surface area contributed by atoms with E-state index < -0.39 is 45.5 Å². The van der Waals surface area contributed by atoms with Gasteiger partial charge < -0.3 is 29.8 Å². The zero-order valence-corrected chi connectivity index (χ0v) is 10.1. The van der Waals surface area contributed by atoms with E-state index in [2.05, 4.69) is 4.52 Å². The molecule has 0 spiro atoms. The Morgan fingerprint density at radius 3 is 2.12 bits per heavy atom. The van der Waals surface area contributed by atoms with Crippen molar-refractivity contribution in [3.63, 3.8) is 0 Å². The number of phosphoric ester groups is 1. The minimum absolute atomic E-state index is 0.534. The molecule has 0 heterocycles. The van der Waals surface area contributed by atoms with Crippen LogP contribution in [0.25, 0.3) is 0 Å². The van der Waals surface area contributed by atoms with Crippen molar-refractivity contribution in [1.29, 1.82) is 0 Å². The number of aliphatic hydroxyl groups excluding tert-OH is 2. The molecule has 0 amide bonds. The van der Waals surface area contributed by atoms with Crippen LogP contribution in [0, 0.1) is 0 Å². The van der Waals surface area contributed by atoms with Gasteiger partial charge in [0.1, 0.15) is 18.3 Å². The quantitative estimate of drug-likeness (QED) is 0.344. The molecule has 0 saturated carbocycles. The molecule has 0 saturated heterocycles. The first kappa shape index (κ1) is 15.0. The molecule has 6 N–H and O–H groups in total. The third-order valence-electron chi connectivity index (χ3n) is 2.15. The molecular formula is C6H12O9P2. The van der Waals surface area contributed by atoms with Crippen molar-refractivity contribution in [2.75, 3.05) is 0 Å². The Morgan fingerprint density at radius 2 is 1.71 bits per heavy atom. The zero-order chi connectivity index (χ0) is 13.4. The number of hydrogen-bond acceptors (Lipinski definition) is 5. The first-order valence-corrected chi connectivity index (χ1v) is 7.52. The van der Waals surface area contributed by atoms with Crippen LogP contribution in [0.3, 0.4) is 0 Å². The van der Waals surface area contributed by atoms with Gasteiger partial charge in [-0.2, -0.15) is 0 Å². The topological polar surface area (TPSA) is 165 Å². The average Bonchev–Trinajstić information content (AvgIpc) is 2.08. The summed E-state index contributed by atoms with van der Waals surface area (Å²) in [6.45, 7) is 0. The van der Waals surface area contributed by atoms with E-state index in [9.17, 15) is 19.3 Å². The van der Waals surface area contributed by atoms with Crippen molar-refractivity contribution in [2.24, 2.45) is 0 Å². The molecule has 0 aromatic rings. The lowest BCUT2D eigenvalue weighted by molar-refractivity contribution is -0.0446. The summed E-state index contributed by atoms with van der Waals surface area (Å²) in [6.07, 6.45) is -4.74. The molecule has 1 rings (SSSR count). The van der Waals surface area contributed by atoms with Gasteiger partial charge in [-0.3, -0.25) is 9.09 Å². The highest BCUT2D eigenvalue weighted by Gasteiger charge is 2.40. The average molecular weight is 290 g/mol. The van der Waals surface area contributed by atoms with Crippen molar-refractivity contribution < 1.29 is 43.4 Å². The lowest BCUT2D eigenvalue weighted by Crippen LogP contribution is -2.41. The summed E-state index contributed by atoms with van der Waals surface area (Å²) in [5.41, 5.74) is 0. The first-order valence-electron chi connectivity index (χ1n) is 4.37. The standard InChI is InChI=1S/C6H12O9P2/c7-4-1-3(16(9,10)11)2-5(6(4)8)15-17(12,13)14/h1,4-8H,2H2,(H2,9,10,11)(H2,12,13,14)/t4-,5+,6+/m1/s1. The summed E-state index contributed by atoms with van der Waals surface area (Å²) in [4.78, 5) is 34.8. The smallest absolute Gasteiger partial charge is 0.387 e. The summed E-state index contributed by atoms with van der Waals surface area (Å²) in [7, 11) is -9.58. The third-order valence-corrected chi connectivity index (χ3v) is 3.78. The van der Waals surface area contributed by atoms with E-state index >= 15 is 0 Å². The predicted octanol–water partition coefficient (Wildman–Crippen LogP) is -1.35. The lowest BCUT2D eigenvalue weighted by atomic mass is 9.99. The Hall–Kier alpha value is -0.0800. The highest BCUT2D eigenvalue weighted by molar-refractivity contribution is 7.56. The second-order valence-electron chi connectivity index (χ2n) is 3.52. The number of rotatable bonds is 3. The molecule has 1 aliphatic rings. The van der Waals surface area contributed by atoms with Gasteiger partial charge in [0, 0.05) is 11.7 Å². The Balaban J connectivity index is 2.94. The summed E-state index contributed by atoms with van der Waals surface area (Å²) in [6, 6.07) is 0. The second-order valence-corrected chi connectivity index (χ2v) is 6.38. The molecule has 1 aliphatic carbocycles. The van der Waals surface area contributed by atoms with E-state index in [1.807, 2.05) is 0 Å². The van der Waals surface area contributed by atoms with Gasteiger partial charge in [-0.05, 0) is 6.08 Å². The molecule has 3 atom stereocenters. The van der Waals surface area contributed by atoms with Gasteiger partial charge >= 0.3 is 15.4 Å². The van der Waals surface area contributed by atoms with Crippen molar-refractivity contribution in [3.05, 3.63) is 11.4 Å². The fraction of sp³-hybridized carbons (Fsp3) is 0.667. The maximum Gasteiger partial charge on any atom is 0.469 e. The summed E-state index contributed by atoms with van der Waals surface area (Å²) in [5, 5.41) is 18.1. The molecule has 0 unspecified atom stereocenters. The van der Waals surface area contributed by atoms with Gasteiger partial charge in [0.15, 0.2) is 0 Å². The summed E-state index contributed by atoms with van der Waals surface area (Å²) in [5.74, 6) is 0. The molecule has 0 aromatic carbocycles. The molecule has 0 bridgehead atoms. The fourth-order valence-corrected chi connectivity index (χ4v) is 2.72. The number of aliphatic hydroxyl groups is 2. The van der Waals surface area contributed by atoms with Crippen LogP contribution in [0.2, 0.25) is 0 Å². The van der Waals surface area contributed by atoms with E-state index in [-0.39, 0.29) is 0 Å². The fourth-order valence-electron chi connectivity index (χ4n) is 1.40. The van der Waals surface area contributed by atoms with Crippen LogP contribution < -0.4 is 0 Å². The van der Waals surface area contributed by atoms with E-state index in [0.29, 0.717) is 0 Å². The predicted molar refractivity (Wildman–Crippen MR) is 53.7 cm³/mol. The van der Waals surface area contributed by atoms with Gasteiger partial charge in [-0.15, -0.1) is 0 Å². The van der Waals surface area contributed by atoms with Crippen LogP contribution in [0.1, 0.15) is 6.42 Å². The highest BCUT2D eigenvalue weighted by Crippen LogP contribution is 2.51. The Labute approximate surface area is 95.8 Å². The van der Waals surface area contributed by atoms with Crippen LogP contribution in [0.4, 0.5) is 0 Å². The number of phosphoric acid groups is 1. The molecule has 0 fully saturated rings. The molecular weight excluding hydrogens is 278 g/mol. The lowest BCUT2D eigenvalue weighted by Gasteiger charge is -2.31. The van der Waals surface area contributed by atoms with E-state index in [1.165, 1.54) is 0 Å². The largest absolute Gasteiger partial charge is 0.469 e. The van der Waals surface area contributed by atoms with Gasteiger partial charge in [-0.25, -0.2) is 4.57 Å². The molecule has 0 radical (unpaired) electrons. The number of hydrogen-bond donors (Lipinski definition) is 6. The van der Waals surface area contributed by atoms with Gasteiger partial charge in [0.2, 0.25) is 0 Å². The van der Waals surface area contributed by atoms with Gasteiger partial charge in [0.05, 0.1) is 0 Å². The monoisotopic (exact) mass is 290 g/mol. The van der Waals surface area contributed by atoms with Crippen molar-refractivity contribution in [1.82, 2.24) is 0 Å². The second kappa shape index (κ2) is 4.89. The molecule has 0 aromatic heterocycles.